The van der Waals surface area contributed by atoms with Gasteiger partial charge in [0.05, 0.1) is 5.39 Å². The Bertz CT molecular complexity index is 584. The number of nitrogens with one attached hydrogen (secondary N) is 2. The Morgan fingerprint density at radius 1 is 1.21 bits per heavy atom. The number of piperidine rings is 1. The van der Waals surface area contributed by atoms with Gasteiger partial charge >= 0.3 is 0 Å². The van der Waals surface area contributed by atoms with Gasteiger partial charge in [-0.1, -0.05) is 6.42 Å². The van der Waals surface area contributed by atoms with Gasteiger partial charge in [0.2, 0.25) is 0 Å². The van der Waals surface area contributed by atoms with Crippen molar-refractivity contribution in [3.05, 3.63) is 18.6 Å². The first kappa shape index (κ1) is 11.2. The van der Waals surface area contributed by atoms with Crippen molar-refractivity contribution in [2.24, 2.45) is 0 Å². The topological polar surface area (TPSA) is 56.8 Å². The van der Waals surface area contributed by atoms with Gasteiger partial charge in [0.15, 0.2) is 0 Å². The highest BCUT2D eigenvalue weighted by molar-refractivity contribution is 5.87. The third kappa shape index (κ3) is 1.80. The van der Waals surface area contributed by atoms with E-state index in [2.05, 4.69) is 31.2 Å². The maximum atomic E-state index is 4.51. The lowest BCUT2D eigenvalue weighted by atomic mass is 9.88. The molecule has 2 saturated heterocycles. The maximum absolute atomic E-state index is 4.51. The normalized spacial score (nSPS) is 27.5. The highest BCUT2D eigenvalue weighted by atomic mass is 15.3. The van der Waals surface area contributed by atoms with Crippen molar-refractivity contribution in [2.45, 2.75) is 31.2 Å². The number of aromatic nitrogens is 3. The molecule has 0 bridgehead atoms. The molecule has 0 radical (unpaired) electrons. The van der Waals surface area contributed by atoms with Crippen molar-refractivity contribution >= 4 is 16.9 Å². The molecule has 2 aliphatic heterocycles. The van der Waals surface area contributed by atoms with E-state index in [0.717, 1.165) is 36.5 Å². The molecule has 2 aromatic rings. The number of anilines is 1. The minimum atomic E-state index is 0.325. The second kappa shape index (κ2) is 4.20. The van der Waals surface area contributed by atoms with Crippen LogP contribution in [-0.4, -0.2) is 40.1 Å². The van der Waals surface area contributed by atoms with Crippen molar-refractivity contribution in [3.8, 4) is 0 Å². The Kier molecular flexibility index (Phi) is 2.48. The average molecular weight is 257 g/mol. The molecular formula is C14H19N5. The molecule has 4 heterocycles. The fourth-order valence-corrected chi connectivity index (χ4v) is 3.54. The number of hydrogen-bond acceptors (Lipinski definition) is 4. The Balaban J connectivity index is 1.65. The molecule has 2 fully saturated rings. The average Bonchev–Trinajstić information content (AvgIpc) is 3.06. The number of hydrogen-bond donors (Lipinski definition) is 2. The van der Waals surface area contributed by atoms with Crippen molar-refractivity contribution in [3.63, 3.8) is 0 Å². The zero-order chi connectivity index (χ0) is 12.7. The number of H-pyrrole nitrogens is 1. The van der Waals surface area contributed by atoms with Crippen LogP contribution in [0.5, 0.6) is 0 Å². The van der Waals surface area contributed by atoms with E-state index >= 15 is 0 Å². The summed E-state index contributed by atoms with van der Waals surface area (Å²) in [5.74, 6) is 1.08. The summed E-state index contributed by atoms with van der Waals surface area (Å²) in [5.41, 5.74) is 1.26. The van der Waals surface area contributed by atoms with Gasteiger partial charge in [-0.25, -0.2) is 9.97 Å². The molecule has 19 heavy (non-hydrogen) atoms. The molecule has 1 unspecified atom stereocenters. The monoisotopic (exact) mass is 257 g/mol. The predicted molar refractivity (Wildman–Crippen MR) is 75.3 cm³/mol. The van der Waals surface area contributed by atoms with Crippen molar-refractivity contribution in [1.82, 2.24) is 20.3 Å². The summed E-state index contributed by atoms with van der Waals surface area (Å²) in [7, 11) is 0. The molecule has 0 amide bonds. The first-order valence-electron chi connectivity index (χ1n) is 7.14. The Morgan fingerprint density at radius 3 is 3.11 bits per heavy atom. The van der Waals surface area contributed by atoms with Crippen LogP contribution >= 0.6 is 0 Å². The third-order valence-corrected chi connectivity index (χ3v) is 4.57. The van der Waals surface area contributed by atoms with Crippen molar-refractivity contribution in [1.29, 1.82) is 0 Å². The summed E-state index contributed by atoms with van der Waals surface area (Å²) in [6, 6.07) is 2.07. The quantitative estimate of drug-likeness (QED) is 0.816. The van der Waals surface area contributed by atoms with Gasteiger partial charge in [0, 0.05) is 24.8 Å². The molecule has 1 spiro atoms. The van der Waals surface area contributed by atoms with E-state index in [1.54, 1.807) is 6.33 Å². The van der Waals surface area contributed by atoms with Crippen LogP contribution < -0.4 is 10.2 Å². The van der Waals surface area contributed by atoms with E-state index in [9.17, 15) is 0 Å². The minimum Gasteiger partial charge on any atom is -0.354 e. The summed E-state index contributed by atoms with van der Waals surface area (Å²) >= 11 is 0. The van der Waals surface area contributed by atoms with Crippen molar-refractivity contribution < 1.29 is 0 Å². The van der Waals surface area contributed by atoms with Crippen LogP contribution in [0.4, 0.5) is 5.82 Å². The summed E-state index contributed by atoms with van der Waals surface area (Å²) < 4.78 is 0. The first-order chi connectivity index (χ1) is 9.36. The summed E-state index contributed by atoms with van der Waals surface area (Å²) in [6.45, 7) is 3.33. The highest BCUT2D eigenvalue weighted by Gasteiger charge is 2.39. The van der Waals surface area contributed by atoms with E-state index in [1.165, 1.54) is 25.7 Å². The zero-order valence-corrected chi connectivity index (χ0v) is 11.0. The largest absolute Gasteiger partial charge is 0.354 e. The molecule has 1 atom stereocenters. The lowest BCUT2D eigenvalue weighted by Crippen LogP contribution is -2.50. The lowest BCUT2D eigenvalue weighted by Gasteiger charge is -2.34. The molecule has 0 saturated carbocycles. The van der Waals surface area contributed by atoms with Gasteiger partial charge in [0.1, 0.15) is 17.8 Å². The first-order valence-corrected chi connectivity index (χ1v) is 7.14. The molecule has 2 N–H and O–H groups in total. The number of rotatable bonds is 1. The van der Waals surface area contributed by atoms with E-state index in [4.69, 9.17) is 0 Å². The molecule has 100 valence electrons. The Labute approximate surface area is 112 Å². The molecule has 5 heteroatoms. The second-order valence-corrected chi connectivity index (χ2v) is 5.77. The molecule has 0 aliphatic carbocycles. The van der Waals surface area contributed by atoms with Gasteiger partial charge in [-0.2, -0.15) is 0 Å². The van der Waals surface area contributed by atoms with Gasteiger partial charge in [-0.05, 0) is 31.9 Å². The van der Waals surface area contributed by atoms with E-state index in [-0.39, 0.29) is 0 Å². The Hall–Kier alpha value is -1.62. The highest BCUT2D eigenvalue weighted by Crippen LogP contribution is 2.33. The van der Waals surface area contributed by atoms with Crippen molar-refractivity contribution in [2.75, 3.05) is 24.5 Å². The maximum Gasteiger partial charge on any atom is 0.142 e. The second-order valence-electron chi connectivity index (χ2n) is 5.77. The van der Waals surface area contributed by atoms with E-state index in [1.807, 2.05) is 6.20 Å². The number of fused-ring (bicyclic) bond motifs is 1. The van der Waals surface area contributed by atoms with Crippen LogP contribution in [0, 0.1) is 0 Å². The summed E-state index contributed by atoms with van der Waals surface area (Å²) in [5, 5.41) is 4.88. The zero-order valence-electron chi connectivity index (χ0n) is 11.0. The van der Waals surface area contributed by atoms with Crippen LogP contribution in [0.2, 0.25) is 0 Å². The summed E-state index contributed by atoms with van der Waals surface area (Å²) in [6.07, 6.45) is 8.79. The Morgan fingerprint density at radius 2 is 2.21 bits per heavy atom. The van der Waals surface area contributed by atoms with Gasteiger partial charge in [-0.15, -0.1) is 0 Å². The molecular weight excluding hydrogens is 238 g/mol. The van der Waals surface area contributed by atoms with Crippen LogP contribution in [0.25, 0.3) is 11.0 Å². The van der Waals surface area contributed by atoms with Crippen LogP contribution in [0.3, 0.4) is 0 Å². The van der Waals surface area contributed by atoms with Gasteiger partial charge < -0.3 is 15.2 Å². The fraction of sp³-hybridized carbons (Fsp3) is 0.571. The number of aromatic amines is 1. The fourth-order valence-electron chi connectivity index (χ4n) is 3.54. The minimum absolute atomic E-state index is 0.325. The van der Waals surface area contributed by atoms with E-state index < -0.39 is 0 Å². The van der Waals surface area contributed by atoms with Crippen LogP contribution in [0.15, 0.2) is 18.6 Å². The molecule has 5 nitrogen and oxygen atoms in total. The lowest BCUT2D eigenvalue weighted by molar-refractivity contribution is 0.280. The SMILES string of the molecule is c1nc(N2CCC3(CCCCN3)C2)c2cc[nH]c2n1. The van der Waals surface area contributed by atoms with Gasteiger partial charge in [-0.3, -0.25) is 0 Å². The van der Waals surface area contributed by atoms with Crippen LogP contribution in [-0.2, 0) is 0 Å². The standard InChI is InChI=1S/C14H19N5/c1-2-6-18-14(4-1)5-8-19(9-14)13-11-3-7-15-12(11)16-10-17-13/h3,7,10,18H,1-2,4-6,8-9H2,(H,15,16,17). The molecule has 2 aromatic heterocycles. The summed E-state index contributed by atoms with van der Waals surface area (Å²) in [4.78, 5) is 14.3. The van der Waals surface area contributed by atoms with E-state index in [0.29, 0.717) is 5.54 Å². The van der Waals surface area contributed by atoms with Gasteiger partial charge in [0.25, 0.3) is 0 Å². The molecule has 0 aromatic carbocycles. The smallest absolute Gasteiger partial charge is 0.142 e. The third-order valence-electron chi connectivity index (χ3n) is 4.57. The number of nitrogens with zero attached hydrogens (tertiary/aromatic N) is 3. The molecule has 2 aliphatic rings. The van der Waals surface area contributed by atoms with Crippen LogP contribution in [0.1, 0.15) is 25.7 Å². The molecule has 4 rings (SSSR count). The predicted octanol–water partition coefficient (Wildman–Crippen LogP) is 1.68.